The van der Waals surface area contributed by atoms with Crippen LogP contribution in [-0.4, -0.2) is 0 Å². The van der Waals surface area contributed by atoms with Crippen LogP contribution in [0.25, 0.3) is 0 Å². The van der Waals surface area contributed by atoms with Gasteiger partial charge in [0, 0.05) is 4.88 Å². The molecule has 0 aliphatic carbocycles. The van der Waals surface area contributed by atoms with Crippen molar-refractivity contribution in [2.75, 3.05) is 0 Å². The summed E-state index contributed by atoms with van der Waals surface area (Å²) >= 11 is 9.06. The number of hydrogen-bond donors (Lipinski definition) is 0. The summed E-state index contributed by atoms with van der Waals surface area (Å²) in [4.78, 5) is 1.62. The van der Waals surface area contributed by atoms with Gasteiger partial charge in [0.05, 0.1) is 8.61 Å². The lowest BCUT2D eigenvalue weighted by Crippen LogP contribution is -1.94. The van der Waals surface area contributed by atoms with E-state index in [1.54, 1.807) is 11.3 Å². The van der Waals surface area contributed by atoms with Crippen LogP contribution in [0.2, 0.25) is 0 Å². The van der Waals surface area contributed by atoms with Crippen LogP contribution in [-0.2, 0) is 0 Å². The highest BCUT2D eigenvalue weighted by atomic mass is 79.9. The van der Waals surface area contributed by atoms with Gasteiger partial charge in [-0.3, -0.25) is 0 Å². The Morgan fingerprint density at radius 1 is 1.06 bits per heavy atom. The molecule has 1 aromatic carbocycles. The van der Waals surface area contributed by atoms with Gasteiger partial charge in [-0.15, -0.1) is 11.3 Å². The summed E-state index contributed by atoms with van der Waals surface area (Å²) in [6.07, 6.45) is 1.19. The van der Waals surface area contributed by atoms with Gasteiger partial charge in [-0.05, 0) is 51.5 Å². The van der Waals surface area contributed by atoms with Gasteiger partial charge in [-0.25, -0.2) is 0 Å². The Hall–Kier alpha value is -0.120. The van der Waals surface area contributed by atoms with E-state index in [0.717, 1.165) is 0 Å². The average Bonchev–Trinajstić information content (AvgIpc) is 2.84. The molecule has 0 aliphatic heterocycles. The maximum atomic E-state index is 3.78. The van der Waals surface area contributed by atoms with Gasteiger partial charge in [-0.1, -0.05) is 54.0 Å². The minimum absolute atomic E-state index is 0.291. The van der Waals surface area contributed by atoms with Crippen molar-refractivity contribution in [2.24, 2.45) is 0 Å². The highest BCUT2D eigenvalue weighted by molar-refractivity contribution is 9.11. The number of alkyl halides is 1. The molecule has 0 spiro atoms. The Morgan fingerprint density at radius 3 is 2.17 bits per heavy atom. The molecule has 0 aliphatic rings. The molecule has 0 nitrogen and oxygen atoms in total. The summed E-state index contributed by atoms with van der Waals surface area (Å²) in [5, 5.41) is 0. The molecule has 0 fully saturated rings. The molecule has 0 N–H and O–H groups in total. The predicted molar refractivity (Wildman–Crippen MR) is 87.9 cm³/mol. The van der Waals surface area contributed by atoms with Crippen molar-refractivity contribution in [3.8, 4) is 0 Å². The summed E-state index contributed by atoms with van der Waals surface area (Å²) in [6, 6.07) is 13.2. The van der Waals surface area contributed by atoms with E-state index < -0.39 is 0 Å². The number of thiophene rings is 1. The molecular weight excluding hydrogens is 372 g/mol. The standard InChI is InChI=1S/C15H16Br2S/c1-3-10(2)11-4-6-12(7-5-11)15(17)13-8-9-14(16)18-13/h4-10,15H,3H2,1-2H3. The van der Waals surface area contributed by atoms with Gasteiger partial charge >= 0.3 is 0 Å². The van der Waals surface area contributed by atoms with Crippen LogP contribution in [0.5, 0.6) is 0 Å². The second-order valence-corrected chi connectivity index (χ2v) is 7.89. The zero-order valence-corrected chi connectivity index (χ0v) is 14.5. The molecule has 2 atom stereocenters. The normalized spacial score (nSPS) is 14.4. The number of halogens is 2. The van der Waals surface area contributed by atoms with Crippen LogP contribution in [0.15, 0.2) is 40.2 Å². The number of hydrogen-bond acceptors (Lipinski definition) is 1. The molecule has 1 aromatic heterocycles. The van der Waals surface area contributed by atoms with Crippen LogP contribution in [0, 0.1) is 0 Å². The molecule has 18 heavy (non-hydrogen) atoms. The second kappa shape index (κ2) is 6.36. The fourth-order valence-corrected chi connectivity index (χ4v) is 4.03. The first-order chi connectivity index (χ1) is 8.61. The quantitative estimate of drug-likeness (QED) is 0.524. The Bertz CT molecular complexity index is 501. The summed E-state index contributed by atoms with van der Waals surface area (Å²) in [6.45, 7) is 4.51. The lowest BCUT2D eigenvalue weighted by atomic mass is 9.97. The van der Waals surface area contributed by atoms with Crippen molar-refractivity contribution in [3.63, 3.8) is 0 Å². The van der Waals surface area contributed by atoms with E-state index in [0.29, 0.717) is 10.7 Å². The first-order valence-electron chi connectivity index (χ1n) is 6.11. The molecule has 2 rings (SSSR count). The highest BCUT2D eigenvalue weighted by Gasteiger charge is 2.13. The first kappa shape index (κ1) is 14.3. The molecule has 2 aromatic rings. The van der Waals surface area contributed by atoms with E-state index in [2.05, 4.69) is 82.1 Å². The second-order valence-electron chi connectivity index (χ2n) is 4.48. The Morgan fingerprint density at radius 2 is 1.67 bits per heavy atom. The lowest BCUT2D eigenvalue weighted by Gasteiger charge is -2.12. The van der Waals surface area contributed by atoms with Crippen molar-refractivity contribution in [1.82, 2.24) is 0 Å². The Kier molecular flexibility index (Phi) is 5.05. The van der Waals surface area contributed by atoms with Crippen LogP contribution in [0.1, 0.15) is 47.0 Å². The fraction of sp³-hybridized carbons (Fsp3) is 0.333. The van der Waals surface area contributed by atoms with Crippen LogP contribution < -0.4 is 0 Å². The van der Waals surface area contributed by atoms with Crippen molar-refractivity contribution in [1.29, 1.82) is 0 Å². The summed E-state index contributed by atoms with van der Waals surface area (Å²) in [5.41, 5.74) is 2.74. The van der Waals surface area contributed by atoms with Gasteiger partial charge in [0.15, 0.2) is 0 Å². The third kappa shape index (κ3) is 3.25. The van der Waals surface area contributed by atoms with E-state index in [9.17, 15) is 0 Å². The monoisotopic (exact) mass is 386 g/mol. The zero-order chi connectivity index (χ0) is 13.1. The Labute approximate surface area is 130 Å². The summed E-state index contributed by atoms with van der Waals surface area (Å²) < 4.78 is 1.18. The highest BCUT2D eigenvalue weighted by Crippen LogP contribution is 2.37. The van der Waals surface area contributed by atoms with Gasteiger partial charge in [0.1, 0.15) is 0 Å². The number of rotatable bonds is 4. The van der Waals surface area contributed by atoms with Gasteiger partial charge < -0.3 is 0 Å². The van der Waals surface area contributed by atoms with Crippen LogP contribution in [0.3, 0.4) is 0 Å². The van der Waals surface area contributed by atoms with Gasteiger partial charge in [0.25, 0.3) is 0 Å². The van der Waals surface area contributed by atoms with E-state index in [-0.39, 0.29) is 0 Å². The Balaban J connectivity index is 2.19. The van der Waals surface area contributed by atoms with E-state index in [1.165, 1.54) is 26.2 Å². The van der Waals surface area contributed by atoms with Crippen molar-refractivity contribution < 1.29 is 0 Å². The first-order valence-corrected chi connectivity index (χ1v) is 8.63. The van der Waals surface area contributed by atoms with Crippen molar-refractivity contribution >= 4 is 43.2 Å². The van der Waals surface area contributed by atoms with Crippen molar-refractivity contribution in [3.05, 3.63) is 56.2 Å². The maximum Gasteiger partial charge on any atom is 0.0738 e. The molecule has 0 radical (unpaired) electrons. The zero-order valence-electron chi connectivity index (χ0n) is 10.5. The largest absolute Gasteiger partial charge is 0.132 e. The van der Waals surface area contributed by atoms with E-state index >= 15 is 0 Å². The van der Waals surface area contributed by atoms with Gasteiger partial charge in [-0.2, -0.15) is 0 Å². The number of benzene rings is 1. The third-order valence-corrected chi connectivity index (χ3v) is 6.27. The summed E-state index contributed by atoms with van der Waals surface area (Å²) in [5.74, 6) is 0.642. The average molecular weight is 388 g/mol. The predicted octanol–water partition coefficient (Wildman–Crippen LogP) is 6.51. The smallest absolute Gasteiger partial charge is 0.0738 e. The van der Waals surface area contributed by atoms with Gasteiger partial charge in [0.2, 0.25) is 0 Å². The maximum absolute atomic E-state index is 3.78. The lowest BCUT2D eigenvalue weighted by molar-refractivity contribution is 0.733. The molecule has 96 valence electrons. The minimum atomic E-state index is 0.291. The fourth-order valence-electron chi connectivity index (χ4n) is 1.86. The van der Waals surface area contributed by atoms with E-state index in [4.69, 9.17) is 0 Å². The molecule has 0 saturated heterocycles. The molecule has 3 heteroatoms. The third-order valence-electron chi connectivity index (χ3n) is 3.25. The molecule has 0 amide bonds. The SMILES string of the molecule is CCC(C)c1ccc(C(Br)c2ccc(Br)s2)cc1. The molecule has 1 heterocycles. The van der Waals surface area contributed by atoms with Crippen molar-refractivity contribution in [2.45, 2.75) is 31.0 Å². The molecule has 0 saturated carbocycles. The topological polar surface area (TPSA) is 0 Å². The minimum Gasteiger partial charge on any atom is -0.132 e. The van der Waals surface area contributed by atoms with Crippen LogP contribution in [0.4, 0.5) is 0 Å². The molecular formula is C15H16Br2S. The van der Waals surface area contributed by atoms with E-state index in [1.807, 2.05) is 0 Å². The molecule has 2 unspecified atom stereocenters. The van der Waals surface area contributed by atoms with Crippen LogP contribution >= 0.6 is 43.2 Å². The summed E-state index contributed by atoms with van der Waals surface area (Å²) in [7, 11) is 0. The molecule has 0 bridgehead atoms.